The van der Waals surface area contributed by atoms with E-state index in [1.54, 1.807) is 13.8 Å². The molecule has 10 heteroatoms. The molecular weight excluding hydrogens is 725 g/mol. The normalized spacial score (nSPS) is 21.9. The van der Waals surface area contributed by atoms with Crippen molar-refractivity contribution in [2.45, 2.75) is 171 Å². The molecule has 0 amide bonds. The molecule has 2 saturated heterocycles. The van der Waals surface area contributed by atoms with Crippen LogP contribution >= 0.6 is 0 Å². The first-order valence-corrected chi connectivity index (χ1v) is 20.8. The summed E-state index contributed by atoms with van der Waals surface area (Å²) in [4.78, 5) is 25.2. The standard InChI is InChI=1S/C47H72O10/c1-15-37(48)56-33(19-31-17-29(3)39(50)35(21-31)43(5,6)7)23-45(11,12)41-52-25-47(26-53-41)27-54-42(55-28-47)46(13,14)24-34(57-38(49)16-2)20-32-18-30(4)40(51)36(22-32)44(8,9)10/h17-18,21-22,33-34,41-42,50-51H,15-16,19-20,23-28H2,1-14H3. The van der Waals surface area contributed by atoms with Gasteiger partial charge in [-0.25, -0.2) is 0 Å². The van der Waals surface area contributed by atoms with Crippen LogP contribution in [-0.4, -0.2) is 73.4 Å². The Hall–Kier alpha value is -3.18. The predicted octanol–water partition coefficient (Wildman–Crippen LogP) is 9.30. The van der Waals surface area contributed by atoms with Crippen molar-refractivity contribution in [1.29, 1.82) is 0 Å². The monoisotopic (exact) mass is 797 g/mol. The molecule has 2 aromatic carbocycles. The number of carbonyl (C=O) groups is 2. The van der Waals surface area contributed by atoms with Gasteiger partial charge >= 0.3 is 11.9 Å². The molecule has 2 heterocycles. The molecule has 2 N–H and O–H groups in total. The van der Waals surface area contributed by atoms with Crippen LogP contribution in [0.4, 0.5) is 0 Å². The second kappa shape index (κ2) is 18.0. The zero-order chi connectivity index (χ0) is 42.7. The number of phenolic OH excluding ortho intramolecular Hbond substituents is 2. The zero-order valence-corrected chi connectivity index (χ0v) is 37.4. The Kier molecular flexibility index (Phi) is 14.7. The van der Waals surface area contributed by atoms with E-state index in [1.165, 1.54) is 0 Å². The van der Waals surface area contributed by atoms with E-state index in [-0.39, 0.29) is 35.6 Å². The van der Waals surface area contributed by atoms with E-state index in [9.17, 15) is 19.8 Å². The summed E-state index contributed by atoms with van der Waals surface area (Å²) < 4.78 is 37.8. The van der Waals surface area contributed by atoms with Crippen LogP contribution < -0.4 is 0 Å². The number of aryl methyl sites for hydroxylation is 2. The molecule has 2 aliphatic heterocycles. The second-order valence-electron chi connectivity index (χ2n) is 20.3. The van der Waals surface area contributed by atoms with Crippen molar-refractivity contribution < 1.29 is 48.2 Å². The average molecular weight is 797 g/mol. The van der Waals surface area contributed by atoms with E-state index >= 15 is 0 Å². The topological polar surface area (TPSA) is 130 Å². The molecule has 10 nitrogen and oxygen atoms in total. The van der Waals surface area contributed by atoms with Crippen LogP contribution in [0.2, 0.25) is 0 Å². The Morgan fingerprint density at radius 3 is 1.23 bits per heavy atom. The van der Waals surface area contributed by atoms with Crippen LogP contribution in [0.15, 0.2) is 24.3 Å². The summed E-state index contributed by atoms with van der Waals surface area (Å²) in [6.45, 7) is 29.6. The van der Waals surface area contributed by atoms with Gasteiger partial charge in [-0.2, -0.15) is 0 Å². The fourth-order valence-electron chi connectivity index (χ4n) is 8.09. The minimum Gasteiger partial charge on any atom is -0.507 e. The molecule has 57 heavy (non-hydrogen) atoms. The quantitative estimate of drug-likeness (QED) is 0.179. The Balaban J connectivity index is 1.40. The van der Waals surface area contributed by atoms with Crippen LogP contribution in [0.3, 0.4) is 0 Å². The summed E-state index contributed by atoms with van der Waals surface area (Å²) in [5, 5.41) is 21.6. The maximum atomic E-state index is 12.6. The highest BCUT2D eigenvalue weighted by Gasteiger charge is 2.49. The molecule has 0 radical (unpaired) electrons. The summed E-state index contributed by atoms with van der Waals surface area (Å²) in [7, 11) is 0. The largest absolute Gasteiger partial charge is 0.507 e. The van der Waals surface area contributed by atoms with E-state index in [0.29, 0.717) is 63.6 Å². The van der Waals surface area contributed by atoms with Crippen molar-refractivity contribution in [3.63, 3.8) is 0 Å². The van der Waals surface area contributed by atoms with Crippen molar-refractivity contribution in [3.05, 3.63) is 57.6 Å². The highest BCUT2D eigenvalue weighted by molar-refractivity contribution is 5.69. The Labute approximate surface area is 342 Å². The smallest absolute Gasteiger partial charge is 0.305 e. The molecule has 0 aromatic heterocycles. The third-order valence-corrected chi connectivity index (χ3v) is 11.4. The number of aromatic hydroxyl groups is 2. The van der Waals surface area contributed by atoms with Crippen molar-refractivity contribution in [2.75, 3.05) is 26.4 Å². The number of carbonyl (C=O) groups excluding carboxylic acids is 2. The average Bonchev–Trinajstić information content (AvgIpc) is 3.10. The van der Waals surface area contributed by atoms with Gasteiger partial charge in [0, 0.05) is 36.5 Å². The highest BCUT2D eigenvalue weighted by atomic mass is 16.7. The van der Waals surface area contributed by atoms with Crippen molar-refractivity contribution >= 4 is 11.9 Å². The van der Waals surface area contributed by atoms with Gasteiger partial charge in [-0.3, -0.25) is 9.59 Å². The number of rotatable bonds is 14. The first kappa shape index (κ1) is 46.5. The molecule has 2 unspecified atom stereocenters. The lowest BCUT2D eigenvalue weighted by Crippen LogP contribution is -2.56. The molecule has 2 fully saturated rings. The highest BCUT2D eigenvalue weighted by Crippen LogP contribution is 2.43. The Bertz CT molecular complexity index is 1570. The van der Waals surface area contributed by atoms with Gasteiger partial charge < -0.3 is 38.6 Å². The molecule has 2 aromatic rings. The number of ether oxygens (including phenoxy) is 6. The zero-order valence-electron chi connectivity index (χ0n) is 37.4. The maximum Gasteiger partial charge on any atom is 0.305 e. The molecule has 320 valence electrons. The summed E-state index contributed by atoms with van der Waals surface area (Å²) in [5.74, 6) is 0.0740. The third kappa shape index (κ3) is 12.0. The third-order valence-electron chi connectivity index (χ3n) is 11.4. The SMILES string of the molecule is CCC(=O)OC(Cc1cc(C)c(O)c(C(C)(C)C)c1)CC(C)(C)C1OCC2(CO1)COC(C(C)(C)CC(Cc1cc(C)c(O)c(C(C)(C)C)c1)OC(=O)CC)OC2. The first-order valence-electron chi connectivity index (χ1n) is 20.8. The number of benzene rings is 2. The van der Waals surface area contributed by atoms with E-state index in [0.717, 1.165) is 33.4 Å². The minimum absolute atomic E-state index is 0.252. The summed E-state index contributed by atoms with van der Waals surface area (Å²) in [6, 6.07) is 7.98. The fourth-order valence-corrected chi connectivity index (χ4v) is 8.09. The number of hydrogen-bond acceptors (Lipinski definition) is 10. The van der Waals surface area contributed by atoms with Crippen LogP contribution in [0.1, 0.15) is 142 Å². The van der Waals surface area contributed by atoms with E-state index in [1.807, 2.05) is 38.1 Å². The number of esters is 2. The van der Waals surface area contributed by atoms with Crippen LogP contribution in [0, 0.1) is 30.1 Å². The number of phenols is 2. The van der Waals surface area contributed by atoms with Gasteiger partial charge in [-0.15, -0.1) is 0 Å². The van der Waals surface area contributed by atoms with Gasteiger partial charge in [0.15, 0.2) is 12.6 Å². The Morgan fingerprint density at radius 2 is 0.947 bits per heavy atom. The van der Waals surface area contributed by atoms with Crippen LogP contribution in [0.5, 0.6) is 11.5 Å². The maximum absolute atomic E-state index is 12.6. The lowest BCUT2D eigenvalue weighted by atomic mass is 9.80. The van der Waals surface area contributed by atoms with Gasteiger partial charge in [-0.05, 0) is 70.9 Å². The molecule has 2 atom stereocenters. The lowest BCUT2D eigenvalue weighted by molar-refractivity contribution is -0.336. The molecular formula is C47H72O10. The molecule has 0 bridgehead atoms. The molecule has 1 spiro atoms. The van der Waals surface area contributed by atoms with E-state index in [4.69, 9.17) is 28.4 Å². The van der Waals surface area contributed by atoms with Crippen LogP contribution in [0.25, 0.3) is 0 Å². The molecule has 4 rings (SSSR count). The van der Waals surface area contributed by atoms with Crippen molar-refractivity contribution in [3.8, 4) is 11.5 Å². The van der Waals surface area contributed by atoms with Gasteiger partial charge in [0.2, 0.25) is 0 Å². The first-order chi connectivity index (χ1) is 26.3. The second-order valence-corrected chi connectivity index (χ2v) is 20.3. The summed E-state index contributed by atoms with van der Waals surface area (Å²) in [5.41, 5.74) is 3.31. The van der Waals surface area contributed by atoms with Gasteiger partial charge in [0.1, 0.15) is 23.7 Å². The summed E-state index contributed by atoms with van der Waals surface area (Å²) in [6.07, 6.45) is 0.648. The van der Waals surface area contributed by atoms with E-state index in [2.05, 4.69) is 69.2 Å². The fraction of sp³-hybridized carbons (Fsp3) is 0.702. The minimum atomic E-state index is -0.539. The number of hydrogen-bond donors (Lipinski definition) is 2. The van der Waals surface area contributed by atoms with Gasteiger partial charge in [0.25, 0.3) is 0 Å². The van der Waals surface area contributed by atoms with Crippen LogP contribution in [-0.2, 0) is 61.7 Å². The molecule has 0 saturated carbocycles. The molecule has 2 aliphatic rings. The van der Waals surface area contributed by atoms with Crippen molar-refractivity contribution in [2.24, 2.45) is 16.2 Å². The Morgan fingerprint density at radius 1 is 0.632 bits per heavy atom. The van der Waals surface area contributed by atoms with Gasteiger partial charge in [-0.1, -0.05) is 107 Å². The van der Waals surface area contributed by atoms with Crippen molar-refractivity contribution in [1.82, 2.24) is 0 Å². The van der Waals surface area contributed by atoms with E-state index < -0.39 is 41.0 Å². The summed E-state index contributed by atoms with van der Waals surface area (Å²) >= 11 is 0. The lowest BCUT2D eigenvalue weighted by Gasteiger charge is -2.49. The molecule has 0 aliphatic carbocycles. The predicted molar refractivity (Wildman–Crippen MR) is 221 cm³/mol. The van der Waals surface area contributed by atoms with Gasteiger partial charge in [0.05, 0.1) is 31.8 Å².